The first-order chi connectivity index (χ1) is 18.1. The third-order valence-electron chi connectivity index (χ3n) is 6.86. The molecule has 3 heterocycles. The number of thiazole rings is 1. The quantitative estimate of drug-likeness (QED) is 0.411. The Morgan fingerprint density at radius 1 is 1.16 bits per heavy atom. The zero-order valence-corrected chi connectivity index (χ0v) is 21.7. The molecule has 196 valence electrons. The normalized spacial score (nSPS) is 18.7. The number of aromatic nitrogens is 1. The van der Waals surface area contributed by atoms with E-state index in [9.17, 15) is 24.0 Å². The molecule has 1 aromatic heterocycles. The van der Waals surface area contributed by atoms with E-state index in [1.165, 1.54) is 29.5 Å². The summed E-state index contributed by atoms with van der Waals surface area (Å²) in [5.41, 5.74) is 0.548. The number of amides is 6. The van der Waals surface area contributed by atoms with Crippen molar-refractivity contribution >= 4 is 56.9 Å². The fourth-order valence-electron chi connectivity index (χ4n) is 4.52. The highest BCUT2D eigenvalue weighted by Gasteiger charge is 2.44. The monoisotopic (exact) mass is 535 g/mol. The number of carbonyl (C=O) groups excluding carboxylic acids is 5. The Morgan fingerprint density at radius 3 is 2.63 bits per heavy atom. The highest BCUT2D eigenvalue weighted by Crippen LogP contribution is 2.34. The van der Waals surface area contributed by atoms with E-state index in [2.05, 4.69) is 16.0 Å². The van der Waals surface area contributed by atoms with E-state index in [4.69, 9.17) is 9.72 Å². The smallest absolute Gasteiger partial charge is 0.320 e. The van der Waals surface area contributed by atoms with Crippen LogP contribution in [0.15, 0.2) is 36.4 Å². The minimum Gasteiger partial charge on any atom is -0.497 e. The fourth-order valence-corrected chi connectivity index (χ4v) is 5.69. The first-order valence-electron chi connectivity index (χ1n) is 12.0. The van der Waals surface area contributed by atoms with Gasteiger partial charge in [-0.1, -0.05) is 6.92 Å². The van der Waals surface area contributed by atoms with Crippen molar-refractivity contribution < 1.29 is 28.7 Å². The fraction of sp³-hybridized carbons (Fsp3) is 0.308. The molecule has 2 unspecified atom stereocenters. The summed E-state index contributed by atoms with van der Waals surface area (Å²) in [4.78, 5) is 68.3. The van der Waals surface area contributed by atoms with Crippen molar-refractivity contribution in [3.05, 3.63) is 52.5 Å². The standard InChI is InChI=1S/C26H25N5O6S/c1-4-26(2,24-28-17-8-6-14(37-3)12-19(17)38-24)30-25(36)27-13-5-7-15-16(11-13)23(35)31(22(15)34)18-9-10-20(32)29-21(18)33/h5-8,11-12,18H,4,9-10H2,1-3H3,(H2,27,30,36)(H,29,32,33). The zero-order chi connectivity index (χ0) is 27.2. The van der Waals surface area contributed by atoms with Gasteiger partial charge in [-0.15, -0.1) is 11.3 Å². The number of hydrogen-bond donors (Lipinski definition) is 3. The molecule has 12 heteroatoms. The molecule has 1 saturated heterocycles. The number of imide groups is 2. The summed E-state index contributed by atoms with van der Waals surface area (Å²) < 4.78 is 6.22. The minimum atomic E-state index is -1.06. The molecule has 3 aromatic rings. The average Bonchev–Trinajstić information content (AvgIpc) is 3.43. The minimum absolute atomic E-state index is 0.0369. The van der Waals surface area contributed by atoms with Crippen molar-refractivity contribution in [3.8, 4) is 5.75 Å². The van der Waals surface area contributed by atoms with Crippen LogP contribution in [0.4, 0.5) is 10.5 Å². The molecule has 5 rings (SSSR count). The Labute approximate surface area is 221 Å². The van der Waals surface area contributed by atoms with E-state index >= 15 is 0 Å². The molecule has 0 saturated carbocycles. The van der Waals surface area contributed by atoms with Crippen LogP contribution in [0, 0.1) is 0 Å². The maximum Gasteiger partial charge on any atom is 0.320 e. The average molecular weight is 536 g/mol. The van der Waals surface area contributed by atoms with E-state index in [0.29, 0.717) is 12.1 Å². The van der Waals surface area contributed by atoms with Crippen LogP contribution >= 0.6 is 11.3 Å². The number of fused-ring (bicyclic) bond motifs is 2. The Kier molecular flexibility index (Phi) is 6.35. The van der Waals surface area contributed by atoms with Crippen LogP contribution in [0.3, 0.4) is 0 Å². The van der Waals surface area contributed by atoms with Gasteiger partial charge in [0.2, 0.25) is 11.8 Å². The molecular formula is C26H25N5O6S. The molecular weight excluding hydrogens is 510 g/mol. The predicted octanol–water partition coefficient (Wildman–Crippen LogP) is 3.15. The second-order valence-electron chi connectivity index (χ2n) is 9.33. The topological polar surface area (TPSA) is 147 Å². The van der Waals surface area contributed by atoms with Crippen LogP contribution < -0.4 is 20.7 Å². The van der Waals surface area contributed by atoms with Crippen LogP contribution in [0.2, 0.25) is 0 Å². The van der Waals surface area contributed by atoms with Crippen molar-refractivity contribution in [3.63, 3.8) is 0 Å². The van der Waals surface area contributed by atoms with Crippen molar-refractivity contribution in [1.82, 2.24) is 20.5 Å². The summed E-state index contributed by atoms with van der Waals surface area (Å²) in [5, 5.41) is 8.60. The summed E-state index contributed by atoms with van der Waals surface area (Å²) in [5.74, 6) is -1.66. The first-order valence-corrected chi connectivity index (χ1v) is 12.8. The van der Waals surface area contributed by atoms with Gasteiger partial charge in [-0.2, -0.15) is 0 Å². The Hall–Kier alpha value is -4.32. The van der Waals surface area contributed by atoms with Crippen molar-refractivity contribution in [2.75, 3.05) is 12.4 Å². The van der Waals surface area contributed by atoms with Crippen molar-refractivity contribution in [1.29, 1.82) is 0 Å². The molecule has 3 N–H and O–H groups in total. The number of ether oxygens (including phenoxy) is 1. The first kappa shape index (κ1) is 25.3. The third-order valence-corrected chi connectivity index (χ3v) is 8.14. The van der Waals surface area contributed by atoms with Crippen LogP contribution in [0.25, 0.3) is 10.2 Å². The van der Waals surface area contributed by atoms with Gasteiger partial charge in [-0.25, -0.2) is 9.78 Å². The number of carbonyl (C=O) groups is 5. The molecule has 11 nitrogen and oxygen atoms in total. The molecule has 0 bridgehead atoms. The van der Waals surface area contributed by atoms with Crippen LogP contribution in [-0.2, 0) is 15.1 Å². The Bertz CT molecular complexity index is 1520. The van der Waals surface area contributed by atoms with Crippen molar-refractivity contribution in [2.45, 2.75) is 44.7 Å². The highest BCUT2D eigenvalue weighted by atomic mass is 32.1. The maximum absolute atomic E-state index is 13.1. The summed E-state index contributed by atoms with van der Waals surface area (Å²) >= 11 is 1.46. The summed E-state index contributed by atoms with van der Waals surface area (Å²) in [7, 11) is 1.60. The van der Waals surface area contributed by atoms with Gasteiger partial charge in [0.1, 0.15) is 16.8 Å². The van der Waals surface area contributed by atoms with Gasteiger partial charge < -0.3 is 15.4 Å². The summed E-state index contributed by atoms with van der Waals surface area (Å²) in [6, 6.07) is 8.40. The van der Waals surface area contributed by atoms with E-state index in [-0.39, 0.29) is 24.0 Å². The van der Waals surface area contributed by atoms with Crippen LogP contribution in [0.1, 0.15) is 58.8 Å². The summed E-state index contributed by atoms with van der Waals surface area (Å²) in [6.07, 6.45) is 0.669. The third kappa shape index (κ3) is 4.36. The number of urea groups is 1. The number of nitrogens with one attached hydrogen (secondary N) is 3. The molecule has 1 fully saturated rings. The number of rotatable bonds is 6. The lowest BCUT2D eigenvalue weighted by Gasteiger charge is -2.27. The number of hydrogen-bond acceptors (Lipinski definition) is 8. The van der Waals surface area contributed by atoms with E-state index in [1.807, 2.05) is 32.0 Å². The number of methoxy groups -OCH3 is 1. The van der Waals surface area contributed by atoms with Crippen molar-refractivity contribution in [2.24, 2.45) is 0 Å². The molecule has 38 heavy (non-hydrogen) atoms. The van der Waals surface area contributed by atoms with Gasteiger partial charge in [-0.3, -0.25) is 29.4 Å². The number of benzene rings is 2. The van der Waals surface area contributed by atoms with Crippen LogP contribution in [-0.4, -0.2) is 52.7 Å². The lowest BCUT2D eigenvalue weighted by atomic mass is 10.0. The number of piperidine rings is 1. The SMILES string of the molecule is CCC(C)(NC(=O)Nc1ccc2c(c1)C(=O)N(C1CCC(=O)NC1=O)C2=O)c1nc2ccc(OC)cc2s1. The molecule has 2 aliphatic rings. The van der Waals surface area contributed by atoms with E-state index < -0.39 is 41.2 Å². The summed E-state index contributed by atoms with van der Waals surface area (Å²) in [6.45, 7) is 3.82. The number of anilines is 1. The maximum atomic E-state index is 13.1. The molecule has 2 atom stereocenters. The predicted molar refractivity (Wildman–Crippen MR) is 139 cm³/mol. The largest absolute Gasteiger partial charge is 0.497 e. The van der Waals surface area contributed by atoms with Gasteiger partial charge in [0, 0.05) is 12.1 Å². The second kappa shape index (κ2) is 9.53. The molecule has 0 radical (unpaired) electrons. The molecule has 2 aliphatic heterocycles. The Balaban J connectivity index is 1.33. The van der Waals surface area contributed by atoms with Gasteiger partial charge in [0.25, 0.3) is 11.8 Å². The zero-order valence-electron chi connectivity index (χ0n) is 20.9. The second-order valence-corrected chi connectivity index (χ2v) is 10.4. The Morgan fingerprint density at radius 2 is 1.92 bits per heavy atom. The number of nitrogens with zero attached hydrogens (tertiary/aromatic N) is 2. The van der Waals surface area contributed by atoms with Crippen LogP contribution in [0.5, 0.6) is 5.75 Å². The molecule has 0 spiro atoms. The van der Waals surface area contributed by atoms with Gasteiger partial charge in [-0.05, 0) is 56.2 Å². The molecule has 6 amide bonds. The van der Waals surface area contributed by atoms with E-state index in [0.717, 1.165) is 25.9 Å². The van der Waals surface area contributed by atoms with Gasteiger partial charge in [0.05, 0.1) is 34.0 Å². The van der Waals surface area contributed by atoms with E-state index in [1.54, 1.807) is 7.11 Å². The molecule has 0 aliphatic carbocycles. The lowest BCUT2D eigenvalue weighted by Crippen LogP contribution is -2.54. The van der Waals surface area contributed by atoms with Gasteiger partial charge in [0.15, 0.2) is 0 Å². The highest BCUT2D eigenvalue weighted by molar-refractivity contribution is 7.18. The molecule has 2 aromatic carbocycles. The van der Waals surface area contributed by atoms with Gasteiger partial charge >= 0.3 is 6.03 Å². The lowest BCUT2D eigenvalue weighted by molar-refractivity contribution is -0.136.